The summed E-state index contributed by atoms with van der Waals surface area (Å²) >= 11 is 0. The standard InChI is InChI=1S/C18H16FN5O2/c1-2-14-15-16(21-23(14)7-10-5-3-4-6-13(10)19)18(25)24(22-20-15)17-11-8-26-9-12(11)17/h2-6,11-12,17H,1,7-9H2/t11-,12+,17-. The Balaban J connectivity index is 1.59. The second kappa shape index (κ2) is 5.57. The Bertz CT molecular complexity index is 1080. The number of hydrogen-bond donors (Lipinski definition) is 0. The topological polar surface area (TPSA) is 74.8 Å². The van der Waals surface area contributed by atoms with Crippen LogP contribution in [0.25, 0.3) is 17.1 Å². The molecule has 2 aromatic heterocycles. The van der Waals surface area contributed by atoms with Crippen molar-refractivity contribution in [1.29, 1.82) is 0 Å². The van der Waals surface area contributed by atoms with Crippen molar-refractivity contribution in [2.45, 2.75) is 12.6 Å². The van der Waals surface area contributed by atoms with E-state index in [4.69, 9.17) is 4.74 Å². The molecule has 2 aliphatic rings. The normalized spacial score (nSPS) is 24.0. The molecule has 0 radical (unpaired) electrons. The second-order valence-electron chi connectivity index (χ2n) is 6.73. The van der Waals surface area contributed by atoms with Gasteiger partial charge in [0, 0.05) is 17.4 Å². The molecule has 0 bridgehead atoms. The van der Waals surface area contributed by atoms with Gasteiger partial charge in [0.2, 0.25) is 0 Å². The summed E-state index contributed by atoms with van der Waals surface area (Å²) in [5.74, 6) is 0.342. The van der Waals surface area contributed by atoms with Crippen molar-refractivity contribution in [1.82, 2.24) is 24.8 Å². The van der Waals surface area contributed by atoms with Gasteiger partial charge in [-0.25, -0.2) is 9.07 Å². The Morgan fingerprint density at radius 2 is 2.04 bits per heavy atom. The number of rotatable bonds is 4. The maximum Gasteiger partial charge on any atom is 0.298 e. The fraction of sp³-hybridized carbons (Fsp3) is 0.333. The van der Waals surface area contributed by atoms with Gasteiger partial charge in [-0.2, -0.15) is 5.10 Å². The smallest absolute Gasteiger partial charge is 0.298 e. The Labute approximate surface area is 147 Å². The quantitative estimate of drug-likeness (QED) is 0.713. The van der Waals surface area contributed by atoms with Crippen molar-refractivity contribution in [3.8, 4) is 0 Å². The van der Waals surface area contributed by atoms with E-state index in [1.54, 1.807) is 29.0 Å². The summed E-state index contributed by atoms with van der Waals surface area (Å²) in [4.78, 5) is 12.9. The molecule has 5 rings (SSSR count). The highest BCUT2D eigenvalue weighted by Gasteiger charge is 2.56. The van der Waals surface area contributed by atoms with Crippen molar-refractivity contribution in [2.75, 3.05) is 13.2 Å². The molecular formula is C18H16FN5O2. The average Bonchev–Trinajstić information content (AvgIpc) is 2.98. The van der Waals surface area contributed by atoms with Gasteiger partial charge in [-0.15, -0.1) is 5.10 Å². The molecule has 26 heavy (non-hydrogen) atoms. The maximum atomic E-state index is 14.0. The molecule has 1 aliphatic heterocycles. The van der Waals surface area contributed by atoms with Gasteiger partial charge in [0.05, 0.1) is 31.5 Å². The molecule has 3 atom stereocenters. The predicted molar refractivity (Wildman–Crippen MR) is 92.0 cm³/mol. The minimum Gasteiger partial charge on any atom is -0.381 e. The van der Waals surface area contributed by atoms with Crippen molar-refractivity contribution in [3.63, 3.8) is 0 Å². The molecule has 3 heterocycles. The third-order valence-corrected chi connectivity index (χ3v) is 5.28. The lowest BCUT2D eigenvalue weighted by Crippen LogP contribution is -2.26. The first-order valence-corrected chi connectivity index (χ1v) is 8.48. The summed E-state index contributed by atoms with van der Waals surface area (Å²) < 4.78 is 22.3. The van der Waals surface area contributed by atoms with Crippen LogP contribution in [-0.4, -0.2) is 38.0 Å². The van der Waals surface area contributed by atoms with Gasteiger partial charge in [-0.1, -0.05) is 30.0 Å². The minimum absolute atomic E-state index is 0.0389. The lowest BCUT2D eigenvalue weighted by molar-refractivity contribution is 0.149. The van der Waals surface area contributed by atoms with Crippen LogP contribution in [0.15, 0.2) is 35.6 Å². The van der Waals surface area contributed by atoms with Crippen LogP contribution >= 0.6 is 0 Å². The van der Waals surface area contributed by atoms with Gasteiger partial charge in [-0.05, 0) is 12.1 Å². The Hall–Kier alpha value is -2.87. The minimum atomic E-state index is -0.323. The Morgan fingerprint density at radius 3 is 2.77 bits per heavy atom. The van der Waals surface area contributed by atoms with Gasteiger partial charge in [0.25, 0.3) is 5.56 Å². The Morgan fingerprint density at radius 1 is 1.27 bits per heavy atom. The molecule has 1 aliphatic carbocycles. The van der Waals surface area contributed by atoms with Gasteiger partial charge in [0.15, 0.2) is 5.52 Å². The highest BCUT2D eigenvalue weighted by molar-refractivity contribution is 5.81. The molecular weight excluding hydrogens is 337 g/mol. The number of aromatic nitrogens is 5. The number of benzene rings is 1. The molecule has 8 heteroatoms. The third-order valence-electron chi connectivity index (χ3n) is 5.28. The SMILES string of the molecule is C=Cc1c2nnn([C@@H]3[C@@H]4COC[C@@H]43)c(=O)c2nn1Cc1ccccc1F. The van der Waals surface area contributed by atoms with Crippen molar-refractivity contribution < 1.29 is 9.13 Å². The van der Waals surface area contributed by atoms with E-state index in [-0.39, 0.29) is 29.5 Å². The van der Waals surface area contributed by atoms with E-state index >= 15 is 0 Å². The van der Waals surface area contributed by atoms with Crippen molar-refractivity contribution in [3.05, 3.63) is 58.3 Å². The van der Waals surface area contributed by atoms with E-state index in [0.29, 0.717) is 41.8 Å². The van der Waals surface area contributed by atoms with Gasteiger partial charge in [0.1, 0.15) is 11.3 Å². The van der Waals surface area contributed by atoms with E-state index in [0.717, 1.165) is 0 Å². The summed E-state index contributed by atoms with van der Waals surface area (Å²) in [7, 11) is 0. The number of fused-ring (bicyclic) bond motifs is 2. The first-order valence-electron chi connectivity index (χ1n) is 8.48. The van der Waals surface area contributed by atoms with E-state index in [1.165, 1.54) is 10.7 Å². The molecule has 7 nitrogen and oxygen atoms in total. The lowest BCUT2D eigenvalue weighted by atomic mass is 10.2. The van der Waals surface area contributed by atoms with E-state index in [1.807, 2.05) is 0 Å². The zero-order valence-electron chi connectivity index (χ0n) is 13.9. The van der Waals surface area contributed by atoms with Gasteiger partial charge >= 0.3 is 0 Å². The van der Waals surface area contributed by atoms with Crippen LogP contribution in [0.1, 0.15) is 17.3 Å². The summed E-state index contributed by atoms with van der Waals surface area (Å²) in [6.45, 7) is 5.27. The fourth-order valence-electron chi connectivity index (χ4n) is 3.83. The first-order chi connectivity index (χ1) is 12.7. The third kappa shape index (κ3) is 2.15. The summed E-state index contributed by atoms with van der Waals surface area (Å²) in [5.41, 5.74) is 1.38. The van der Waals surface area contributed by atoms with Crippen molar-refractivity contribution in [2.24, 2.45) is 11.8 Å². The van der Waals surface area contributed by atoms with Gasteiger partial charge < -0.3 is 4.74 Å². The van der Waals surface area contributed by atoms with Crippen LogP contribution in [-0.2, 0) is 11.3 Å². The lowest BCUT2D eigenvalue weighted by Gasteiger charge is -2.05. The van der Waals surface area contributed by atoms with E-state index in [9.17, 15) is 9.18 Å². The highest BCUT2D eigenvalue weighted by Crippen LogP contribution is 2.53. The molecule has 0 spiro atoms. The number of ether oxygens (including phenoxy) is 1. The second-order valence-corrected chi connectivity index (χ2v) is 6.73. The van der Waals surface area contributed by atoms with Crippen LogP contribution in [0.4, 0.5) is 4.39 Å². The fourth-order valence-corrected chi connectivity index (χ4v) is 3.83. The van der Waals surface area contributed by atoms with Crippen LogP contribution in [0.3, 0.4) is 0 Å². The molecule has 0 N–H and O–H groups in total. The highest BCUT2D eigenvalue weighted by atomic mass is 19.1. The molecule has 0 amide bonds. The van der Waals surface area contributed by atoms with Crippen molar-refractivity contribution >= 4 is 17.1 Å². The molecule has 3 aromatic rings. The predicted octanol–water partition coefficient (Wildman–Crippen LogP) is 1.64. The largest absolute Gasteiger partial charge is 0.381 e. The zero-order chi connectivity index (χ0) is 17.8. The maximum absolute atomic E-state index is 14.0. The molecule has 2 fully saturated rings. The summed E-state index contributed by atoms with van der Waals surface area (Å²) in [6.07, 6.45) is 1.56. The van der Waals surface area contributed by atoms with Gasteiger partial charge in [-0.3, -0.25) is 9.48 Å². The van der Waals surface area contributed by atoms with Crippen LogP contribution in [0, 0.1) is 17.7 Å². The Kier molecular flexibility index (Phi) is 3.30. The van der Waals surface area contributed by atoms with Crippen LogP contribution in [0.5, 0.6) is 0 Å². The number of halogens is 1. The van der Waals surface area contributed by atoms with Crippen LogP contribution in [0.2, 0.25) is 0 Å². The zero-order valence-corrected chi connectivity index (χ0v) is 13.9. The molecule has 1 saturated carbocycles. The molecule has 0 unspecified atom stereocenters. The monoisotopic (exact) mass is 353 g/mol. The van der Waals surface area contributed by atoms with E-state index in [2.05, 4.69) is 22.0 Å². The molecule has 132 valence electrons. The first kappa shape index (κ1) is 15.4. The van der Waals surface area contributed by atoms with Crippen LogP contribution < -0.4 is 5.56 Å². The van der Waals surface area contributed by atoms with E-state index < -0.39 is 0 Å². The average molecular weight is 353 g/mol. The number of nitrogens with zero attached hydrogens (tertiary/aromatic N) is 5. The summed E-state index contributed by atoms with van der Waals surface area (Å²) in [6, 6.07) is 6.51. The summed E-state index contributed by atoms with van der Waals surface area (Å²) in [5, 5.41) is 12.7. The molecule has 1 aromatic carbocycles. The molecule has 1 saturated heterocycles. The number of hydrogen-bond acceptors (Lipinski definition) is 5.